The summed E-state index contributed by atoms with van der Waals surface area (Å²) in [5, 5.41) is 1.26. The summed E-state index contributed by atoms with van der Waals surface area (Å²) in [7, 11) is 0. The Labute approximate surface area is 152 Å². The lowest BCUT2D eigenvalue weighted by atomic mass is 10.2. The van der Waals surface area contributed by atoms with Crippen LogP contribution in [0.1, 0.15) is 31.4 Å². The molecule has 26 heavy (non-hydrogen) atoms. The molecule has 1 aromatic heterocycles. The van der Waals surface area contributed by atoms with Crippen LogP contribution in [-0.4, -0.2) is 24.9 Å². The van der Waals surface area contributed by atoms with Crippen molar-refractivity contribution in [3.05, 3.63) is 53.8 Å². The molecular weight excluding hydrogens is 330 g/mol. The Morgan fingerprint density at radius 2 is 1.65 bits per heavy atom. The van der Waals surface area contributed by atoms with Crippen molar-refractivity contribution in [2.24, 2.45) is 0 Å². The molecule has 6 nitrogen and oxygen atoms in total. The zero-order valence-corrected chi connectivity index (χ0v) is 14.5. The van der Waals surface area contributed by atoms with Crippen LogP contribution < -0.4 is 15.3 Å². The van der Waals surface area contributed by atoms with Gasteiger partial charge in [-0.15, -0.1) is 0 Å². The van der Waals surface area contributed by atoms with E-state index in [9.17, 15) is 9.59 Å². The first-order valence-electron chi connectivity index (χ1n) is 8.99. The van der Waals surface area contributed by atoms with Crippen molar-refractivity contribution >= 4 is 29.5 Å². The molecule has 1 N–H and O–H groups in total. The molecule has 0 unspecified atom stereocenters. The van der Waals surface area contributed by atoms with Crippen LogP contribution in [0.3, 0.4) is 0 Å². The van der Waals surface area contributed by atoms with Crippen LogP contribution in [0.5, 0.6) is 0 Å². The zero-order valence-electron chi connectivity index (χ0n) is 14.5. The van der Waals surface area contributed by atoms with Gasteiger partial charge in [0.2, 0.25) is 0 Å². The average Bonchev–Trinajstić information content (AvgIpc) is 3.11. The topological polar surface area (TPSA) is 65.8 Å². The number of benzene rings is 1. The highest BCUT2D eigenvalue weighted by molar-refractivity contribution is 6.31. The third-order valence-corrected chi connectivity index (χ3v) is 4.72. The van der Waals surface area contributed by atoms with Gasteiger partial charge < -0.3 is 9.32 Å². The smallest absolute Gasteiger partial charge is 0.282 e. The fraction of sp³-hybridized carbons (Fsp3) is 0.300. The van der Waals surface area contributed by atoms with E-state index in [0.29, 0.717) is 11.4 Å². The molecule has 2 aliphatic rings. The first-order valence-corrected chi connectivity index (χ1v) is 8.99. The number of carbonyl (C=O) groups excluding carboxylic acids is 2. The van der Waals surface area contributed by atoms with Crippen molar-refractivity contribution in [2.45, 2.75) is 25.7 Å². The van der Waals surface area contributed by atoms with Gasteiger partial charge >= 0.3 is 0 Å². The second kappa shape index (κ2) is 7.07. The minimum atomic E-state index is -0.424. The van der Waals surface area contributed by atoms with E-state index in [1.165, 1.54) is 23.9 Å². The van der Waals surface area contributed by atoms with Crippen LogP contribution in [-0.2, 0) is 9.59 Å². The second-order valence-electron chi connectivity index (χ2n) is 6.55. The summed E-state index contributed by atoms with van der Waals surface area (Å²) in [6.45, 7) is 1.95. The number of hydrazine groups is 1. The van der Waals surface area contributed by atoms with Gasteiger partial charge in [0, 0.05) is 19.2 Å². The summed E-state index contributed by atoms with van der Waals surface area (Å²) in [5.74, 6) is 0.502. The molecule has 2 aromatic rings. The maximum absolute atomic E-state index is 12.6. The first kappa shape index (κ1) is 16.4. The van der Waals surface area contributed by atoms with Crippen molar-refractivity contribution in [2.75, 3.05) is 23.0 Å². The molecule has 2 aliphatic heterocycles. The average molecular weight is 351 g/mol. The standard InChI is InChI=1S/C20H21N3O3/c24-19-17(20(25)23(21-19)15-8-4-3-5-9-15)14-16-10-11-18(26-16)22-12-6-1-2-7-13-22/h3-5,8-11,14H,1-2,6-7,12-13H2,(H,21,24)/b17-14-. The van der Waals surface area contributed by atoms with E-state index in [-0.39, 0.29) is 11.5 Å². The number of furan rings is 1. The molecule has 134 valence electrons. The number of hydrogen-bond donors (Lipinski definition) is 1. The lowest BCUT2D eigenvalue weighted by Gasteiger charge is -2.18. The normalized spacial score (nSPS) is 19.8. The van der Waals surface area contributed by atoms with E-state index >= 15 is 0 Å². The highest BCUT2D eigenvalue weighted by atomic mass is 16.4. The van der Waals surface area contributed by atoms with E-state index in [0.717, 1.165) is 31.8 Å². The minimum absolute atomic E-state index is 0.0746. The Balaban J connectivity index is 1.54. The highest BCUT2D eigenvalue weighted by Crippen LogP contribution is 2.25. The third kappa shape index (κ3) is 3.22. The fourth-order valence-corrected chi connectivity index (χ4v) is 3.34. The van der Waals surface area contributed by atoms with Crippen LogP contribution in [0.2, 0.25) is 0 Å². The summed E-state index contributed by atoms with van der Waals surface area (Å²) in [6.07, 6.45) is 6.33. The maximum atomic E-state index is 12.6. The fourth-order valence-electron chi connectivity index (χ4n) is 3.34. The molecule has 3 heterocycles. The SMILES string of the molecule is O=C1NN(c2ccccc2)C(=O)/C1=C\c1ccc(N2CCCCCC2)o1. The van der Waals surface area contributed by atoms with Crippen molar-refractivity contribution < 1.29 is 14.0 Å². The van der Waals surface area contributed by atoms with E-state index in [1.807, 2.05) is 24.3 Å². The Hall–Kier alpha value is -3.02. The Morgan fingerprint density at radius 1 is 0.923 bits per heavy atom. The summed E-state index contributed by atoms with van der Waals surface area (Å²) in [4.78, 5) is 27.1. The Bertz CT molecular complexity index is 833. The summed E-state index contributed by atoms with van der Waals surface area (Å²) in [5.41, 5.74) is 3.29. The van der Waals surface area contributed by atoms with Gasteiger partial charge in [-0.05, 0) is 37.1 Å². The number of amides is 2. The predicted octanol–water partition coefficient (Wildman–Crippen LogP) is 3.12. The molecule has 0 atom stereocenters. The molecule has 4 rings (SSSR count). The summed E-state index contributed by atoms with van der Waals surface area (Å²) >= 11 is 0. The number of carbonyl (C=O) groups is 2. The molecule has 6 heteroatoms. The molecule has 2 amide bonds. The van der Waals surface area contributed by atoms with Crippen molar-refractivity contribution in [1.82, 2.24) is 5.43 Å². The first-order chi connectivity index (χ1) is 12.7. The monoisotopic (exact) mass is 351 g/mol. The van der Waals surface area contributed by atoms with Gasteiger partial charge in [0.1, 0.15) is 11.3 Å². The van der Waals surface area contributed by atoms with Gasteiger partial charge in [0.15, 0.2) is 5.88 Å². The van der Waals surface area contributed by atoms with Gasteiger partial charge in [0.25, 0.3) is 11.8 Å². The summed E-state index contributed by atoms with van der Waals surface area (Å²) < 4.78 is 5.88. The lowest BCUT2D eigenvalue weighted by molar-refractivity contribution is -0.117. The highest BCUT2D eigenvalue weighted by Gasteiger charge is 2.34. The molecule has 2 saturated heterocycles. The molecule has 1 aromatic carbocycles. The van der Waals surface area contributed by atoms with Crippen LogP contribution in [0.15, 0.2) is 52.5 Å². The zero-order chi connectivity index (χ0) is 17.9. The van der Waals surface area contributed by atoms with Gasteiger partial charge in [0.05, 0.1) is 5.69 Å². The number of nitrogens with zero attached hydrogens (tertiary/aromatic N) is 2. The minimum Gasteiger partial charge on any atom is -0.441 e. The van der Waals surface area contributed by atoms with E-state index in [4.69, 9.17) is 4.42 Å². The second-order valence-corrected chi connectivity index (χ2v) is 6.55. The third-order valence-electron chi connectivity index (χ3n) is 4.72. The number of para-hydroxylation sites is 1. The quantitative estimate of drug-likeness (QED) is 0.682. The molecule has 0 aliphatic carbocycles. The van der Waals surface area contributed by atoms with E-state index in [2.05, 4.69) is 10.3 Å². The van der Waals surface area contributed by atoms with Crippen LogP contribution in [0, 0.1) is 0 Å². The number of nitrogens with one attached hydrogen (secondary N) is 1. The lowest BCUT2D eigenvalue weighted by Crippen LogP contribution is -2.35. The molecule has 0 saturated carbocycles. The largest absolute Gasteiger partial charge is 0.441 e. The molecular formula is C20H21N3O3. The van der Waals surface area contributed by atoms with Crippen molar-refractivity contribution in [1.29, 1.82) is 0 Å². The summed E-state index contributed by atoms with van der Waals surface area (Å²) in [6, 6.07) is 12.7. The van der Waals surface area contributed by atoms with Gasteiger partial charge in [-0.25, -0.2) is 5.01 Å². The number of hydrogen-bond acceptors (Lipinski definition) is 4. The van der Waals surface area contributed by atoms with Crippen molar-refractivity contribution in [3.63, 3.8) is 0 Å². The molecule has 2 fully saturated rings. The van der Waals surface area contributed by atoms with E-state index < -0.39 is 5.91 Å². The van der Waals surface area contributed by atoms with E-state index in [1.54, 1.807) is 18.2 Å². The molecule has 0 bridgehead atoms. The Kier molecular flexibility index (Phi) is 4.48. The van der Waals surface area contributed by atoms with Crippen LogP contribution >= 0.6 is 0 Å². The van der Waals surface area contributed by atoms with Gasteiger partial charge in [-0.3, -0.25) is 15.0 Å². The molecule has 0 radical (unpaired) electrons. The van der Waals surface area contributed by atoms with Crippen molar-refractivity contribution in [3.8, 4) is 0 Å². The Morgan fingerprint density at radius 3 is 2.38 bits per heavy atom. The number of anilines is 2. The van der Waals surface area contributed by atoms with Gasteiger partial charge in [-0.2, -0.15) is 0 Å². The maximum Gasteiger partial charge on any atom is 0.282 e. The van der Waals surface area contributed by atoms with Crippen LogP contribution in [0.4, 0.5) is 11.6 Å². The van der Waals surface area contributed by atoms with Gasteiger partial charge in [-0.1, -0.05) is 31.0 Å². The number of rotatable bonds is 3. The predicted molar refractivity (Wildman–Crippen MR) is 99.4 cm³/mol. The molecule has 0 spiro atoms. The van der Waals surface area contributed by atoms with Crippen LogP contribution in [0.25, 0.3) is 6.08 Å².